The number of amides is 1. The van der Waals surface area contributed by atoms with Crippen molar-refractivity contribution in [2.24, 2.45) is 5.41 Å². The predicted molar refractivity (Wildman–Crippen MR) is 110 cm³/mol. The van der Waals surface area contributed by atoms with E-state index in [0.29, 0.717) is 0 Å². The molecule has 10 heteroatoms. The molecule has 3 heterocycles. The first-order valence-electron chi connectivity index (χ1n) is 10.8. The number of carbonyl (C=O) groups excluding carboxylic acids is 1. The molecule has 3 saturated heterocycles. The molecule has 0 bridgehead atoms. The molecule has 0 radical (unpaired) electrons. The number of carbonyl (C=O) groups is 2. The number of hydrogen-bond acceptors (Lipinski definition) is 5. The summed E-state index contributed by atoms with van der Waals surface area (Å²) >= 11 is 0. The summed E-state index contributed by atoms with van der Waals surface area (Å²) < 4.78 is 43.3. The summed E-state index contributed by atoms with van der Waals surface area (Å²) in [5.41, 5.74) is 1.27. The summed E-state index contributed by atoms with van der Waals surface area (Å²) in [6.45, 7) is 5.71. The topological polar surface area (TPSA) is 79.3 Å². The minimum Gasteiger partial charge on any atom is -0.475 e. The highest BCUT2D eigenvalue weighted by Gasteiger charge is 2.42. The maximum absolute atomic E-state index is 12.8. The number of piperidine rings is 1. The number of carboxylic acids is 1. The van der Waals surface area contributed by atoms with Crippen LogP contribution < -0.4 is 4.90 Å². The lowest BCUT2D eigenvalue weighted by atomic mass is 9.79. The minimum absolute atomic E-state index is 0.0266. The molecule has 1 spiro atoms. The fourth-order valence-corrected chi connectivity index (χ4v) is 4.47. The third kappa shape index (κ3) is 6.35. The Labute approximate surface area is 185 Å². The van der Waals surface area contributed by atoms with E-state index in [1.165, 1.54) is 5.69 Å². The van der Waals surface area contributed by atoms with Crippen molar-refractivity contribution in [2.75, 3.05) is 50.9 Å². The molecule has 1 N–H and O–H groups in total. The van der Waals surface area contributed by atoms with Crippen LogP contribution in [0.2, 0.25) is 0 Å². The van der Waals surface area contributed by atoms with E-state index in [1.54, 1.807) is 0 Å². The van der Waals surface area contributed by atoms with Crippen LogP contribution in [0.25, 0.3) is 0 Å². The smallest absolute Gasteiger partial charge is 0.475 e. The van der Waals surface area contributed by atoms with Crippen molar-refractivity contribution in [3.8, 4) is 0 Å². The minimum atomic E-state index is -5.08. The summed E-state index contributed by atoms with van der Waals surface area (Å²) in [6.07, 6.45) is -1.27. The highest BCUT2D eigenvalue weighted by molar-refractivity contribution is 5.81. The molecule has 178 valence electrons. The van der Waals surface area contributed by atoms with Gasteiger partial charge in [-0.25, -0.2) is 4.79 Å². The van der Waals surface area contributed by atoms with Crippen molar-refractivity contribution in [1.29, 1.82) is 0 Å². The first-order valence-corrected chi connectivity index (χ1v) is 10.8. The molecule has 3 fully saturated rings. The molecule has 7 nitrogen and oxygen atoms in total. The van der Waals surface area contributed by atoms with E-state index < -0.39 is 12.1 Å². The van der Waals surface area contributed by atoms with Crippen LogP contribution in [0.1, 0.15) is 25.7 Å². The zero-order chi connectivity index (χ0) is 23.2. The molecule has 0 aliphatic carbocycles. The molecule has 32 heavy (non-hydrogen) atoms. The molecular weight excluding hydrogens is 429 g/mol. The van der Waals surface area contributed by atoms with Gasteiger partial charge in [0.25, 0.3) is 5.91 Å². The van der Waals surface area contributed by atoms with Crippen LogP contribution in [0, 0.1) is 5.41 Å². The first kappa shape index (κ1) is 24.3. The van der Waals surface area contributed by atoms with Crippen molar-refractivity contribution < 1.29 is 37.3 Å². The quantitative estimate of drug-likeness (QED) is 0.734. The summed E-state index contributed by atoms with van der Waals surface area (Å²) in [5.74, 6) is -2.57. The van der Waals surface area contributed by atoms with Gasteiger partial charge in [0.1, 0.15) is 6.10 Å². The van der Waals surface area contributed by atoms with E-state index in [2.05, 4.69) is 35.2 Å². The second kappa shape index (κ2) is 10.5. The molecule has 4 rings (SSSR count). The monoisotopic (exact) mass is 458 g/mol. The van der Waals surface area contributed by atoms with Crippen LogP contribution in [0.4, 0.5) is 18.9 Å². The number of carboxylic acid groups (broad SMARTS) is 1. The van der Waals surface area contributed by atoms with Crippen LogP contribution in [0.5, 0.6) is 0 Å². The molecule has 2 atom stereocenters. The Morgan fingerprint density at radius 3 is 2.41 bits per heavy atom. The van der Waals surface area contributed by atoms with Gasteiger partial charge in [0.15, 0.2) is 0 Å². The molecular formula is C22H29F3N2O5. The van der Waals surface area contributed by atoms with Gasteiger partial charge >= 0.3 is 12.1 Å². The van der Waals surface area contributed by atoms with Crippen molar-refractivity contribution in [1.82, 2.24) is 4.90 Å². The third-order valence-corrected chi connectivity index (χ3v) is 5.98. The van der Waals surface area contributed by atoms with Gasteiger partial charge in [0.05, 0.1) is 13.2 Å². The first-order chi connectivity index (χ1) is 15.2. The van der Waals surface area contributed by atoms with Crippen LogP contribution >= 0.6 is 0 Å². The fraction of sp³-hybridized carbons (Fsp3) is 0.636. The molecule has 0 saturated carbocycles. The predicted octanol–water partition coefficient (Wildman–Crippen LogP) is 2.94. The number of benzene rings is 1. The van der Waals surface area contributed by atoms with Crippen molar-refractivity contribution in [3.05, 3.63) is 30.3 Å². The standard InChI is InChI=1S/C20H28N2O3.C2HF3O2/c23-19(18-8-4-12-25-18)22-10-5-9-20(15-22)14-21(11-13-24-16-20)17-6-2-1-3-7-17;3-2(4,5)1(6)7/h1-3,6-7,18H,4-5,8-16H2;(H,6,7)/t18-,20?;/m1./s1. The molecule has 1 unspecified atom stereocenters. The van der Waals surface area contributed by atoms with Crippen molar-refractivity contribution in [3.63, 3.8) is 0 Å². The summed E-state index contributed by atoms with van der Waals surface area (Å²) in [7, 11) is 0. The largest absolute Gasteiger partial charge is 0.490 e. The SMILES string of the molecule is O=C(O)C(F)(F)F.O=C([C@H]1CCCO1)N1CCCC2(COCCN(c3ccccc3)C2)C1. The van der Waals surface area contributed by atoms with Crippen molar-refractivity contribution in [2.45, 2.75) is 38.0 Å². The third-order valence-electron chi connectivity index (χ3n) is 5.98. The lowest BCUT2D eigenvalue weighted by molar-refractivity contribution is -0.192. The lowest BCUT2D eigenvalue weighted by Crippen LogP contribution is -2.54. The second-order valence-electron chi connectivity index (χ2n) is 8.48. The van der Waals surface area contributed by atoms with Crippen LogP contribution in [-0.2, 0) is 19.1 Å². The van der Waals surface area contributed by atoms with E-state index >= 15 is 0 Å². The number of alkyl halides is 3. The highest BCUT2D eigenvalue weighted by Crippen LogP contribution is 2.35. The molecule has 1 amide bonds. The van der Waals surface area contributed by atoms with Gasteiger partial charge < -0.3 is 24.4 Å². The van der Waals surface area contributed by atoms with Crippen LogP contribution in [0.15, 0.2) is 30.3 Å². The van der Waals surface area contributed by atoms with E-state index in [9.17, 15) is 18.0 Å². The van der Waals surface area contributed by atoms with Gasteiger partial charge in [-0.2, -0.15) is 13.2 Å². The van der Waals surface area contributed by atoms with Gasteiger partial charge in [-0.05, 0) is 37.8 Å². The number of para-hydroxylation sites is 1. The Morgan fingerprint density at radius 1 is 1.06 bits per heavy atom. The van der Waals surface area contributed by atoms with E-state index in [1.807, 2.05) is 4.90 Å². The van der Waals surface area contributed by atoms with Gasteiger partial charge in [0.2, 0.25) is 0 Å². The average molecular weight is 458 g/mol. The zero-order valence-electron chi connectivity index (χ0n) is 17.9. The summed E-state index contributed by atoms with van der Waals surface area (Å²) in [4.78, 5) is 26.2. The van der Waals surface area contributed by atoms with Gasteiger partial charge in [-0.1, -0.05) is 18.2 Å². The van der Waals surface area contributed by atoms with E-state index in [4.69, 9.17) is 19.4 Å². The Balaban J connectivity index is 0.000000360. The number of ether oxygens (including phenoxy) is 2. The Kier molecular flexibility index (Phi) is 8.00. The van der Waals surface area contributed by atoms with Crippen LogP contribution in [-0.4, -0.2) is 80.2 Å². The van der Waals surface area contributed by atoms with E-state index in [-0.39, 0.29) is 17.4 Å². The number of likely N-dealkylation sites (tertiary alicyclic amines) is 1. The number of halogens is 3. The number of nitrogens with zero attached hydrogens (tertiary/aromatic N) is 2. The second-order valence-corrected chi connectivity index (χ2v) is 8.48. The van der Waals surface area contributed by atoms with Gasteiger partial charge in [-0.3, -0.25) is 4.79 Å². The normalized spacial score (nSPS) is 26.3. The van der Waals surface area contributed by atoms with Crippen molar-refractivity contribution >= 4 is 17.6 Å². The summed E-state index contributed by atoms with van der Waals surface area (Å²) in [5, 5.41) is 7.12. The van der Waals surface area contributed by atoms with E-state index in [0.717, 1.165) is 71.7 Å². The molecule has 3 aliphatic rings. The molecule has 1 aromatic carbocycles. The lowest BCUT2D eigenvalue weighted by Gasteiger charge is -2.44. The number of aliphatic carboxylic acids is 1. The highest BCUT2D eigenvalue weighted by atomic mass is 19.4. The average Bonchev–Trinajstić information content (AvgIpc) is 3.23. The maximum atomic E-state index is 12.8. The van der Waals surface area contributed by atoms with Gasteiger partial charge in [-0.15, -0.1) is 0 Å². The zero-order valence-corrected chi connectivity index (χ0v) is 17.9. The fourth-order valence-electron chi connectivity index (χ4n) is 4.47. The van der Waals surface area contributed by atoms with Crippen LogP contribution in [0.3, 0.4) is 0 Å². The summed E-state index contributed by atoms with van der Waals surface area (Å²) in [6, 6.07) is 10.5. The Morgan fingerprint density at radius 2 is 1.78 bits per heavy atom. The van der Waals surface area contributed by atoms with Gasteiger partial charge in [0, 0.05) is 43.9 Å². The molecule has 3 aliphatic heterocycles. The number of hydrogen-bond donors (Lipinski definition) is 1. The maximum Gasteiger partial charge on any atom is 0.490 e. The Hall–Kier alpha value is -2.33. The number of rotatable bonds is 2. The molecule has 0 aromatic heterocycles. The Bertz CT molecular complexity index is 771. The molecule has 1 aromatic rings. The number of anilines is 1.